The van der Waals surface area contributed by atoms with Crippen molar-refractivity contribution < 1.29 is 0 Å². The Bertz CT molecular complexity index is 303. The molecule has 1 aliphatic heterocycles. The molecule has 0 bridgehead atoms. The average Bonchev–Trinajstić information content (AvgIpc) is 2.36. The van der Waals surface area contributed by atoms with Gasteiger partial charge in [0.15, 0.2) is 0 Å². The third-order valence-corrected chi connectivity index (χ3v) is 6.50. The van der Waals surface area contributed by atoms with Crippen LogP contribution in [-0.4, -0.2) is 34.0 Å². The predicted molar refractivity (Wildman–Crippen MR) is 99.3 cm³/mol. The van der Waals surface area contributed by atoms with Gasteiger partial charge in [-0.05, 0) is 30.6 Å². The molecule has 1 aliphatic rings. The van der Waals surface area contributed by atoms with Crippen LogP contribution >= 0.6 is 11.8 Å². The van der Waals surface area contributed by atoms with E-state index in [1.807, 2.05) is 0 Å². The fourth-order valence-corrected chi connectivity index (χ4v) is 5.69. The number of rotatable bonds is 4. The molecule has 0 spiro atoms. The molecule has 0 amide bonds. The van der Waals surface area contributed by atoms with Crippen LogP contribution in [0.15, 0.2) is 0 Å². The summed E-state index contributed by atoms with van der Waals surface area (Å²) in [5, 5.41) is 0. The van der Waals surface area contributed by atoms with Gasteiger partial charge in [0, 0.05) is 29.1 Å². The van der Waals surface area contributed by atoms with Crippen molar-refractivity contribution in [3.05, 3.63) is 0 Å². The highest BCUT2D eigenvalue weighted by Crippen LogP contribution is 2.45. The molecule has 3 unspecified atom stereocenters. The molecule has 3 atom stereocenters. The van der Waals surface area contributed by atoms with Crippen LogP contribution in [-0.2, 0) is 0 Å². The van der Waals surface area contributed by atoms with Crippen molar-refractivity contribution in [3.63, 3.8) is 0 Å². The molecule has 1 saturated heterocycles. The molecule has 0 aliphatic carbocycles. The van der Waals surface area contributed by atoms with Crippen molar-refractivity contribution in [2.45, 2.75) is 99.2 Å². The SMILES string of the molecule is CCCC(C)(CC)N1C(C(C)(C)C)CSCC1C(C)(C)C. The first-order valence-electron chi connectivity index (χ1n) is 8.83. The van der Waals surface area contributed by atoms with E-state index in [4.69, 9.17) is 0 Å². The second kappa shape index (κ2) is 6.83. The Labute approximate surface area is 138 Å². The van der Waals surface area contributed by atoms with Gasteiger partial charge < -0.3 is 0 Å². The molecule has 1 fully saturated rings. The Morgan fingerprint density at radius 3 is 1.57 bits per heavy atom. The highest BCUT2D eigenvalue weighted by Gasteiger charge is 2.48. The van der Waals surface area contributed by atoms with Gasteiger partial charge in [-0.3, -0.25) is 4.90 Å². The van der Waals surface area contributed by atoms with Crippen LogP contribution in [0, 0.1) is 10.8 Å². The minimum atomic E-state index is 0.339. The molecular weight excluding hydrogens is 274 g/mol. The minimum Gasteiger partial charge on any atom is -0.289 e. The summed E-state index contributed by atoms with van der Waals surface area (Å²) >= 11 is 2.17. The first-order valence-corrected chi connectivity index (χ1v) is 9.99. The van der Waals surface area contributed by atoms with Crippen molar-refractivity contribution in [3.8, 4) is 0 Å². The summed E-state index contributed by atoms with van der Waals surface area (Å²) in [6, 6.07) is 1.36. The fourth-order valence-electron chi connectivity index (χ4n) is 3.78. The minimum absolute atomic E-state index is 0.339. The third-order valence-electron chi connectivity index (χ3n) is 5.40. The largest absolute Gasteiger partial charge is 0.289 e. The van der Waals surface area contributed by atoms with Gasteiger partial charge >= 0.3 is 0 Å². The lowest BCUT2D eigenvalue weighted by molar-refractivity contribution is -0.0588. The molecule has 0 saturated carbocycles. The van der Waals surface area contributed by atoms with Gasteiger partial charge in [0.2, 0.25) is 0 Å². The third kappa shape index (κ3) is 4.41. The summed E-state index contributed by atoms with van der Waals surface area (Å²) in [6.45, 7) is 21.8. The number of hydrogen-bond donors (Lipinski definition) is 0. The summed E-state index contributed by atoms with van der Waals surface area (Å²) in [5.41, 5.74) is 1.04. The maximum atomic E-state index is 2.95. The van der Waals surface area contributed by atoms with Gasteiger partial charge in [-0.2, -0.15) is 11.8 Å². The summed E-state index contributed by atoms with van der Waals surface area (Å²) in [7, 11) is 0. The quantitative estimate of drug-likeness (QED) is 0.642. The van der Waals surface area contributed by atoms with Crippen molar-refractivity contribution in [2.75, 3.05) is 11.5 Å². The zero-order valence-corrected chi connectivity index (χ0v) is 16.9. The Hall–Kier alpha value is 0.310. The van der Waals surface area contributed by atoms with E-state index in [0.717, 1.165) is 0 Å². The fraction of sp³-hybridized carbons (Fsp3) is 1.00. The predicted octanol–water partition coefficient (Wildman–Crippen LogP) is 5.83. The van der Waals surface area contributed by atoms with Gasteiger partial charge in [0.05, 0.1) is 0 Å². The molecule has 126 valence electrons. The summed E-state index contributed by atoms with van der Waals surface area (Å²) in [6.07, 6.45) is 3.85. The number of hydrogen-bond acceptors (Lipinski definition) is 2. The van der Waals surface area contributed by atoms with Gasteiger partial charge in [0.1, 0.15) is 0 Å². The first-order chi connectivity index (χ1) is 9.47. The van der Waals surface area contributed by atoms with E-state index in [1.54, 1.807) is 0 Å². The summed E-state index contributed by atoms with van der Waals surface area (Å²) in [5.74, 6) is 2.57. The van der Waals surface area contributed by atoms with E-state index in [-0.39, 0.29) is 0 Å². The van der Waals surface area contributed by atoms with E-state index in [9.17, 15) is 0 Å². The molecule has 2 heteroatoms. The zero-order valence-electron chi connectivity index (χ0n) is 16.0. The second-order valence-corrected chi connectivity index (χ2v) is 10.4. The lowest BCUT2D eigenvalue weighted by atomic mass is 9.75. The molecule has 21 heavy (non-hydrogen) atoms. The molecule has 1 heterocycles. The lowest BCUT2D eigenvalue weighted by Gasteiger charge is -2.59. The number of thioether (sulfide) groups is 1. The van der Waals surface area contributed by atoms with E-state index < -0.39 is 0 Å². The van der Waals surface area contributed by atoms with Crippen molar-refractivity contribution in [1.29, 1.82) is 0 Å². The molecule has 0 aromatic carbocycles. The Balaban J connectivity index is 3.27. The maximum Gasteiger partial charge on any atom is 0.0243 e. The van der Waals surface area contributed by atoms with Crippen LogP contribution in [0.1, 0.15) is 81.6 Å². The Morgan fingerprint density at radius 2 is 1.29 bits per heavy atom. The summed E-state index contributed by atoms with van der Waals surface area (Å²) in [4.78, 5) is 2.95. The summed E-state index contributed by atoms with van der Waals surface area (Å²) < 4.78 is 0. The second-order valence-electron chi connectivity index (χ2n) is 9.31. The van der Waals surface area contributed by atoms with Gasteiger partial charge in [-0.25, -0.2) is 0 Å². The highest BCUT2D eigenvalue weighted by atomic mass is 32.2. The normalized spacial score (nSPS) is 28.4. The molecule has 0 aromatic rings. The molecule has 0 aromatic heterocycles. The topological polar surface area (TPSA) is 3.24 Å². The van der Waals surface area contributed by atoms with Gasteiger partial charge in [-0.15, -0.1) is 0 Å². The van der Waals surface area contributed by atoms with Crippen LogP contribution < -0.4 is 0 Å². The monoisotopic (exact) mass is 313 g/mol. The molecular formula is C19H39NS. The van der Waals surface area contributed by atoms with Crippen molar-refractivity contribution in [2.24, 2.45) is 10.8 Å². The van der Waals surface area contributed by atoms with Gasteiger partial charge in [0.25, 0.3) is 0 Å². The van der Waals surface area contributed by atoms with E-state index >= 15 is 0 Å². The Morgan fingerprint density at radius 1 is 0.857 bits per heavy atom. The molecule has 1 nitrogen and oxygen atoms in total. The average molecular weight is 314 g/mol. The standard InChI is InChI=1S/C19H39NS/c1-10-12-19(9,11-2)20-15(17(3,4)5)13-21-14-16(20)18(6,7)8/h15-16H,10-14H2,1-9H3. The van der Waals surface area contributed by atoms with E-state index in [2.05, 4.69) is 79.0 Å². The maximum absolute atomic E-state index is 2.95. The van der Waals surface area contributed by atoms with Crippen LogP contribution in [0.25, 0.3) is 0 Å². The van der Waals surface area contributed by atoms with Crippen LogP contribution in [0.3, 0.4) is 0 Å². The van der Waals surface area contributed by atoms with Crippen molar-refractivity contribution >= 4 is 11.8 Å². The number of nitrogens with zero attached hydrogens (tertiary/aromatic N) is 1. The van der Waals surface area contributed by atoms with E-state index in [1.165, 1.54) is 30.8 Å². The van der Waals surface area contributed by atoms with Gasteiger partial charge in [-0.1, -0.05) is 61.8 Å². The molecule has 1 rings (SSSR count). The van der Waals surface area contributed by atoms with E-state index in [0.29, 0.717) is 28.5 Å². The van der Waals surface area contributed by atoms with Crippen molar-refractivity contribution in [1.82, 2.24) is 4.90 Å². The van der Waals surface area contributed by atoms with Crippen LogP contribution in [0.2, 0.25) is 0 Å². The molecule has 0 radical (unpaired) electrons. The van der Waals surface area contributed by atoms with Crippen LogP contribution in [0.4, 0.5) is 0 Å². The van der Waals surface area contributed by atoms with Crippen LogP contribution in [0.5, 0.6) is 0 Å². The zero-order chi connectivity index (χ0) is 16.5. The highest BCUT2D eigenvalue weighted by molar-refractivity contribution is 7.99. The smallest absolute Gasteiger partial charge is 0.0243 e. The lowest BCUT2D eigenvalue weighted by Crippen LogP contribution is -2.66. The Kier molecular flexibility index (Phi) is 6.29. The first kappa shape index (κ1) is 19.4. The molecule has 0 N–H and O–H groups in total.